The summed E-state index contributed by atoms with van der Waals surface area (Å²) < 4.78 is 16.9. The van der Waals surface area contributed by atoms with Gasteiger partial charge in [0.25, 0.3) is 0 Å². The number of hydrogen-bond acceptors (Lipinski definition) is 6. The molecule has 0 aliphatic rings. The van der Waals surface area contributed by atoms with Crippen LogP contribution in [0.15, 0.2) is 146 Å². The summed E-state index contributed by atoms with van der Waals surface area (Å²) in [6.45, 7) is 6.36. The van der Waals surface area contributed by atoms with Crippen LogP contribution in [0.1, 0.15) is 278 Å². The normalized spacial score (nSPS) is 13.1. The van der Waals surface area contributed by atoms with E-state index in [0.29, 0.717) is 19.3 Å². The molecule has 446 valence electrons. The highest BCUT2D eigenvalue weighted by molar-refractivity contribution is 5.71. The maximum atomic E-state index is 12.9. The zero-order valence-electron chi connectivity index (χ0n) is 51.1. The highest BCUT2D eigenvalue weighted by Crippen LogP contribution is 2.15. The van der Waals surface area contributed by atoms with Crippen molar-refractivity contribution in [3.63, 3.8) is 0 Å². The fraction of sp³-hybridized carbons (Fsp3) is 0.630. The van der Waals surface area contributed by atoms with Crippen molar-refractivity contribution in [3.8, 4) is 0 Å². The summed E-state index contributed by atoms with van der Waals surface area (Å²) in [6, 6.07) is 0. The number of carbonyl (C=O) groups is 3. The molecule has 0 bridgehead atoms. The molecule has 0 amide bonds. The molecule has 0 fully saturated rings. The molecule has 0 rings (SSSR count). The van der Waals surface area contributed by atoms with E-state index in [4.69, 9.17) is 14.2 Å². The van der Waals surface area contributed by atoms with Crippen molar-refractivity contribution in [2.45, 2.75) is 284 Å². The topological polar surface area (TPSA) is 78.9 Å². The Morgan fingerprint density at radius 3 is 0.785 bits per heavy atom. The molecular formula is C73H118O6. The summed E-state index contributed by atoms with van der Waals surface area (Å²) in [4.78, 5) is 38.4. The Labute approximate surface area is 487 Å². The number of hydrogen-bond donors (Lipinski definition) is 0. The molecule has 0 N–H and O–H groups in total. The van der Waals surface area contributed by atoms with Crippen molar-refractivity contribution < 1.29 is 28.6 Å². The first kappa shape index (κ1) is 74.3. The molecule has 6 heteroatoms. The lowest BCUT2D eigenvalue weighted by Gasteiger charge is -2.18. The van der Waals surface area contributed by atoms with Crippen LogP contribution in [0.5, 0.6) is 0 Å². The first-order valence-electron chi connectivity index (χ1n) is 32.3. The molecule has 0 aliphatic carbocycles. The van der Waals surface area contributed by atoms with Gasteiger partial charge >= 0.3 is 17.9 Å². The third kappa shape index (κ3) is 64.0. The summed E-state index contributed by atoms with van der Waals surface area (Å²) in [5.41, 5.74) is 0. The van der Waals surface area contributed by atoms with Gasteiger partial charge in [0.15, 0.2) is 6.10 Å². The zero-order chi connectivity index (χ0) is 57.1. The summed E-state index contributed by atoms with van der Waals surface area (Å²) in [5, 5.41) is 0. The first-order valence-corrected chi connectivity index (χ1v) is 32.3. The largest absolute Gasteiger partial charge is 0.462 e. The molecule has 6 nitrogen and oxygen atoms in total. The van der Waals surface area contributed by atoms with Crippen LogP contribution in [-0.2, 0) is 28.6 Å². The van der Waals surface area contributed by atoms with E-state index in [-0.39, 0.29) is 31.1 Å². The summed E-state index contributed by atoms with van der Waals surface area (Å²) in [6.07, 6.45) is 94.1. The number of ether oxygens (including phenoxy) is 3. The SMILES string of the molecule is CC/C=C\C/C=C\C/C=C\C/C=C\C/C=C\CCCCCCCC(=O)OCC(COC(=O)CCCCC/C=C\C/C=C\C/C=C\C/C=C\C/C=C\CC)OC(=O)CCCCCCCCCCC/C=C\C/C=C\CCCCCCC. The first-order chi connectivity index (χ1) is 39.0. The van der Waals surface area contributed by atoms with Crippen LogP contribution < -0.4 is 0 Å². The molecule has 0 aromatic carbocycles. The van der Waals surface area contributed by atoms with E-state index in [2.05, 4.69) is 167 Å². The van der Waals surface area contributed by atoms with Crippen LogP contribution in [0.4, 0.5) is 0 Å². The standard InChI is InChI=1S/C73H118O6/c1-4-7-10-13-16-19-22-25-28-31-34-36-39-42-45-48-51-54-57-60-63-66-72(75)78-69-70(68-77-71(74)65-62-59-56-53-50-47-44-41-38-33-30-27-24-21-18-15-12-9-6-3)79-73(76)67-64-61-58-55-52-49-46-43-40-37-35-32-29-26-23-20-17-14-11-8-5-2/h7,9-10,12,16,18-19,21,23,25-28,30,32,34-36,38,41-42,45,47,50,70H,4-6,8,11,13-15,17,20,22,24,29,31,33,37,39-40,43-44,46,48-49,51-69H2,1-3H3/b10-7-,12-9-,19-16-,21-18-,26-23-,28-25-,30-27-,35-32-,36-34-,41-38-,45-42-,50-47-. The maximum Gasteiger partial charge on any atom is 0.306 e. The van der Waals surface area contributed by atoms with Gasteiger partial charge in [0.05, 0.1) is 0 Å². The van der Waals surface area contributed by atoms with E-state index in [1.165, 1.54) is 83.5 Å². The Balaban J connectivity index is 4.51. The molecule has 0 saturated carbocycles. The van der Waals surface area contributed by atoms with Gasteiger partial charge in [-0.15, -0.1) is 0 Å². The predicted octanol–water partition coefficient (Wildman–Crippen LogP) is 22.3. The quantitative estimate of drug-likeness (QED) is 0.0261. The third-order valence-corrected chi connectivity index (χ3v) is 13.3. The number of rotatable bonds is 57. The van der Waals surface area contributed by atoms with Crippen molar-refractivity contribution in [2.75, 3.05) is 13.2 Å². The zero-order valence-corrected chi connectivity index (χ0v) is 51.1. The molecule has 0 saturated heterocycles. The van der Waals surface area contributed by atoms with Crippen LogP contribution in [0.2, 0.25) is 0 Å². The molecular weight excluding hydrogens is 973 g/mol. The van der Waals surface area contributed by atoms with Gasteiger partial charge in [-0.1, -0.05) is 263 Å². The lowest BCUT2D eigenvalue weighted by molar-refractivity contribution is -0.167. The third-order valence-electron chi connectivity index (χ3n) is 13.3. The van der Waals surface area contributed by atoms with Crippen LogP contribution in [-0.4, -0.2) is 37.2 Å². The summed E-state index contributed by atoms with van der Waals surface area (Å²) in [7, 11) is 0. The van der Waals surface area contributed by atoms with Crippen molar-refractivity contribution in [1.82, 2.24) is 0 Å². The lowest BCUT2D eigenvalue weighted by Crippen LogP contribution is -2.30. The van der Waals surface area contributed by atoms with Crippen LogP contribution in [0.3, 0.4) is 0 Å². The van der Waals surface area contributed by atoms with Gasteiger partial charge in [-0.05, 0) is 141 Å². The molecule has 0 radical (unpaired) electrons. The van der Waals surface area contributed by atoms with Crippen molar-refractivity contribution >= 4 is 17.9 Å². The second kappa shape index (κ2) is 65.8. The van der Waals surface area contributed by atoms with Gasteiger partial charge in [0, 0.05) is 19.3 Å². The minimum atomic E-state index is -0.811. The van der Waals surface area contributed by atoms with Gasteiger partial charge in [0.2, 0.25) is 0 Å². The lowest BCUT2D eigenvalue weighted by atomic mass is 10.1. The Bertz CT molecular complexity index is 1730. The Morgan fingerprint density at radius 1 is 0.266 bits per heavy atom. The van der Waals surface area contributed by atoms with Gasteiger partial charge in [0.1, 0.15) is 13.2 Å². The summed E-state index contributed by atoms with van der Waals surface area (Å²) in [5.74, 6) is -0.959. The van der Waals surface area contributed by atoms with E-state index < -0.39 is 6.10 Å². The molecule has 0 spiro atoms. The molecule has 0 heterocycles. The second-order valence-corrected chi connectivity index (χ2v) is 20.9. The maximum absolute atomic E-state index is 12.9. The number of esters is 3. The molecule has 1 atom stereocenters. The minimum absolute atomic E-state index is 0.106. The van der Waals surface area contributed by atoms with Crippen molar-refractivity contribution in [3.05, 3.63) is 146 Å². The monoisotopic (exact) mass is 1090 g/mol. The number of carbonyl (C=O) groups excluding carboxylic acids is 3. The van der Waals surface area contributed by atoms with Crippen molar-refractivity contribution in [2.24, 2.45) is 0 Å². The molecule has 79 heavy (non-hydrogen) atoms. The predicted molar refractivity (Wildman–Crippen MR) is 343 cm³/mol. The smallest absolute Gasteiger partial charge is 0.306 e. The van der Waals surface area contributed by atoms with E-state index in [9.17, 15) is 14.4 Å². The number of unbranched alkanes of at least 4 members (excludes halogenated alkanes) is 22. The molecule has 0 aromatic heterocycles. The van der Waals surface area contributed by atoms with Gasteiger partial charge in [-0.2, -0.15) is 0 Å². The van der Waals surface area contributed by atoms with E-state index in [1.807, 2.05) is 0 Å². The van der Waals surface area contributed by atoms with Crippen LogP contribution >= 0.6 is 0 Å². The van der Waals surface area contributed by atoms with Gasteiger partial charge < -0.3 is 14.2 Å². The molecule has 0 aliphatic heterocycles. The van der Waals surface area contributed by atoms with E-state index in [1.54, 1.807) is 0 Å². The summed E-state index contributed by atoms with van der Waals surface area (Å²) >= 11 is 0. The van der Waals surface area contributed by atoms with Crippen molar-refractivity contribution in [1.29, 1.82) is 0 Å². The molecule has 0 aromatic rings. The van der Waals surface area contributed by atoms with E-state index in [0.717, 1.165) is 154 Å². The van der Waals surface area contributed by atoms with E-state index >= 15 is 0 Å². The Kier molecular flexibility index (Phi) is 61.9. The molecule has 1 unspecified atom stereocenters. The minimum Gasteiger partial charge on any atom is -0.462 e. The fourth-order valence-corrected chi connectivity index (χ4v) is 8.53. The highest BCUT2D eigenvalue weighted by atomic mass is 16.6. The Morgan fingerprint density at radius 2 is 0.494 bits per heavy atom. The second-order valence-electron chi connectivity index (χ2n) is 20.9. The van der Waals surface area contributed by atoms with Gasteiger partial charge in [-0.3, -0.25) is 14.4 Å². The highest BCUT2D eigenvalue weighted by Gasteiger charge is 2.19. The van der Waals surface area contributed by atoms with Crippen LogP contribution in [0, 0.1) is 0 Å². The van der Waals surface area contributed by atoms with Crippen LogP contribution in [0.25, 0.3) is 0 Å². The average Bonchev–Trinajstić information content (AvgIpc) is 3.45. The fourth-order valence-electron chi connectivity index (χ4n) is 8.53. The van der Waals surface area contributed by atoms with Gasteiger partial charge in [-0.25, -0.2) is 0 Å². The number of allylic oxidation sites excluding steroid dienone is 24. The average molecular weight is 1090 g/mol. The Hall–Kier alpha value is -4.71.